The van der Waals surface area contributed by atoms with Crippen molar-refractivity contribution in [2.45, 2.75) is 6.61 Å². The Morgan fingerprint density at radius 1 is 0.818 bits per heavy atom. The van der Waals surface area contributed by atoms with Gasteiger partial charge < -0.3 is 0 Å². The molecule has 8 heteroatoms. The van der Waals surface area contributed by atoms with Crippen LogP contribution in [-0.4, -0.2) is 5.97 Å². The van der Waals surface area contributed by atoms with E-state index in [4.69, 9.17) is 0 Å². The molecule has 2 aromatic rings. The second kappa shape index (κ2) is 6.52. The standard InChI is InChI=1S/C14H7F5O3/c15-9-8(10(16)12(18)13(19)11(9)17)14(20)22-21-6-7-4-2-1-3-5-7/h1-5H,6H2. The molecular weight excluding hydrogens is 311 g/mol. The monoisotopic (exact) mass is 318 g/mol. The van der Waals surface area contributed by atoms with Gasteiger partial charge in [-0.2, -0.15) is 4.89 Å². The van der Waals surface area contributed by atoms with Crippen LogP contribution in [0.1, 0.15) is 15.9 Å². The minimum absolute atomic E-state index is 0.262. The minimum atomic E-state index is -2.36. The fourth-order valence-corrected chi connectivity index (χ4v) is 1.55. The number of benzene rings is 2. The van der Waals surface area contributed by atoms with Crippen molar-refractivity contribution in [3.8, 4) is 0 Å². The number of hydrogen-bond acceptors (Lipinski definition) is 3. The van der Waals surface area contributed by atoms with E-state index in [0.717, 1.165) is 0 Å². The summed E-state index contributed by atoms with van der Waals surface area (Å²) in [6.45, 7) is -0.262. The first-order valence-corrected chi connectivity index (χ1v) is 5.82. The largest absolute Gasteiger partial charge is 0.379 e. The van der Waals surface area contributed by atoms with Crippen LogP contribution in [0, 0.1) is 29.1 Å². The molecule has 0 aliphatic heterocycles. The fourth-order valence-electron chi connectivity index (χ4n) is 1.55. The molecule has 0 aliphatic rings. The quantitative estimate of drug-likeness (QED) is 0.284. The molecular formula is C14H7F5O3. The first-order chi connectivity index (χ1) is 10.4. The molecule has 2 rings (SSSR count). The van der Waals surface area contributed by atoms with Crippen LogP contribution in [0.3, 0.4) is 0 Å². The fraction of sp³-hybridized carbons (Fsp3) is 0.0714. The summed E-state index contributed by atoms with van der Waals surface area (Å²) in [6.07, 6.45) is 0. The third-order valence-corrected chi connectivity index (χ3v) is 2.62. The topological polar surface area (TPSA) is 35.5 Å². The lowest BCUT2D eigenvalue weighted by molar-refractivity contribution is -0.251. The molecule has 0 spiro atoms. The number of hydrogen-bond donors (Lipinski definition) is 0. The van der Waals surface area contributed by atoms with Gasteiger partial charge in [-0.25, -0.2) is 26.7 Å². The SMILES string of the molecule is O=C(OOCc1ccccc1)c1c(F)c(F)c(F)c(F)c1F. The minimum Gasteiger partial charge on any atom is -0.292 e. The van der Waals surface area contributed by atoms with Gasteiger partial charge in [0.1, 0.15) is 12.2 Å². The highest BCUT2D eigenvalue weighted by molar-refractivity contribution is 5.89. The van der Waals surface area contributed by atoms with Gasteiger partial charge in [-0.05, 0) is 5.56 Å². The van der Waals surface area contributed by atoms with Crippen molar-refractivity contribution >= 4 is 5.97 Å². The molecule has 0 unspecified atom stereocenters. The molecule has 0 saturated carbocycles. The molecule has 0 fully saturated rings. The highest BCUT2D eigenvalue weighted by Gasteiger charge is 2.31. The Bertz CT molecular complexity index is 674. The number of rotatable bonds is 4. The third-order valence-electron chi connectivity index (χ3n) is 2.62. The van der Waals surface area contributed by atoms with Crippen LogP contribution >= 0.6 is 0 Å². The Balaban J connectivity index is 2.13. The van der Waals surface area contributed by atoms with Crippen molar-refractivity contribution < 1.29 is 36.5 Å². The van der Waals surface area contributed by atoms with Crippen molar-refractivity contribution in [3.05, 3.63) is 70.5 Å². The lowest BCUT2D eigenvalue weighted by Gasteiger charge is -2.07. The van der Waals surface area contributed by atoms with E-state index in [1.54, 1.807) is 30.3 Å². The highest BCUT2D eigenvalue weighted by atomic mass is 19.2. The van der Waals surface area contributed by atoms with Gasteiger partial charge in [0.05, 0.1) is 0 Å². The molecule has 22 heavy (non-hydrogen) atoms. The maximum Gasteiger partial charge on any atom is 0.379 e. The number of halogens is 5. The van der Waals surface area contributed by atoms with Crippen molar-refractivity contribution in [2.75, 3.05) is 0 Å². The second-order valence-corrected chi connectivity index (χ2v) is 4.06. The summed E-state index contributed by atoms with van der Waals surface area (Å²) in [7, 11) is 0. The molecule has 0 bridgehead atoms. The van der Waals surface area contributed by atoms with Gasteiger partial charge >= 0.3 is 5.97 Å². The first-order valence-electron chi connectivity index (χ1n) is 5.82. The van der Waals surface area contributed by atoms with E-state index in [1.165, 1.54) is 0 Å². The predicted molar refractivity (Wildman–Crippen MR) is 62.9 cm³/mol. The molecule has 3 nitrogen and oxygen atoms in total. The van der Waals surface area contributed by atoms with Gasteiger partial charge in [-0.15, -0.1) is 0 Å². The average molecular weight is 318 g/mol. The Labute approximate surface area is 120 Å². The first kappa shape index (κ1) is 15.9. The molecule has 0 heterocycles. The lowest BCUT2D eigenvalue weighted by atomic mass is 10.1. The Kier molecular flexibility index (Phi) is 4.71. The molecule has 0 aliphatic carbocycles. The average Bonchev–Trinajstić information content (AvgIpc) is 2.52. The zero-order valence-corrected chi connectivity index (χ0v) is 10.7. The van der Waals surface area contributed by atoms with E-state index in [-0.39, 0.29) is 6.61 Å². The maximum atomic E-state index is 13.3. The summed E-state index contributed by atoms with van der Waals surface area (Å²) < 4.78 is 65.4. The van der Waals surface area contributed by atoms with Gasteiger partial charge in [0.2, 0.25) is 5.82 Å². The Morgan fingerprint density at radius 3 is 1.86 bits per heavy atom. The highest BCUT2D eigenvalue weighted by Crippen LogP contribution is 2.23. The zero-order chi connectivity index (χ0) is 16.3. The Hall–Kier alpha value is -2.48. The van der Waals surface area contributed by atoms with E-state index in [0.29, 0.717) is 5.56 Å². The van der Waals surface area contributed by atoms with E-state index >= 15 is 0 Å². The van der Waals surface area contributed by atoms with E-state index in [9.17, 15) is 26.7 Å². The smallest absolute Gasteiger partial charge is 0.292 e. The van der Waals surface area contributed by atoms with E-state index < -0.39 is 40.6 Å². The summed E-state index contributed by atoms with van der Waals surface area (Å²) in [5, 5.41) is 0. The normalized spacial score (nSPS) is 10.6. The summed E-state index contributed by atoms with van der Waals surface area (Å²) in [5.41, 5.74) is -1.16. The Morgan fingerprint density at radius 2 is 1.32 bits per heavy atom. The van der Waals surface area contributed by atoms with Crippen LogP contribution < -0.4 is 0 Å². The van der Waals surface area contributed by atoms with Crippen molar-refractivity contribution in [1.29, 1.82) is 0 Å². The van der Waals surface area contributed by atoms with Crippen molar-refractivity contribution in [2.24, 2.45) is 0 Å². The van der Waals surface area contributed by atoms with Crippen LogP contribution in [0.15, 0.2) is 30.3 Å². The summed E-state index contributed by atoms with van der Waals surface area (Å²) in [4.78, 5) is 19.9. The maximum absolute atomic E-state index is 13.3. The summed E-state index contributed by atoms with van der Waals surface area (Å²) in [6, 6.07) is 8.23. The van der Waals surface area contributed by atoms with Crippen LogP contribution in [0.5, 0.6) is 0 Å². The molecule has 2 aromatic carbocycles. The molecule has 0 radical (unpaired) electrons. The van der Waals surface area contributed by atoms with Gasteiger partial charge in [0.25, 0.3) is 0 Å². The second-order valence-electron chi connectivity index (χ2n) is 4.06. The van der Waals surface area contributed by atoms with Crippen molar-refractivity contribution in [1.82, 2.24) is 0 Å². The van der Waals surface area contributed by atoms with Crippen LogP contribution in [-0.2, 0) is 16.4 Å². The van der Waals surface area contributed by atoms with Crippen LogP contribution in [0.2, 0.25) is 0 Å². The molecule has 116 valence electrons. The number of carbonyl (C=O) groups excluding carboxylic acids is 1. The molecule has 0 aromatic heterocycles. The van der Waals surface area contributed by atoms with E-state index in [2.05, 4.69) is 9.78 Å². The predicted octanol–water partition coefficient (Wildman–Crippen LogP) is 3.67. The van der Waals surface area contributed by atoms with Gasteiger partial charge in [0, 0.05) is 0 Å². The van der Waals surface area contributed by atoms with Crippen LogP contribution in [0.25, 0.3) is 0 Å². The number of carbonyl (C=O) groups is 1. The third kappa shape index (κ3) is 3.06. The van der Waals surface area contributed by atoms with Gasteiger partial charge in [-0.1, -0.05) is 30.3 Å². The van der Waals surface area contributed by atoms with Gasteiger partial charge in [-0.3, -0.25) is 4.89 Å². The zero-order valence-electron chi connectivity index (χ0n) is 10.7. The van der Waals surface area contributed by atoms with Crippen LogP contribution in [0.4, 0.5) is 22.0 Å². The summed E-state index contributed by atoms with van der Waals surface area (Å²) in [5.74, 6) is -13.3. The van der Waals surface area contributed by atoms with Gasteiger partial charge in [0.15, 0.2) is 23.3 Å². The van der Waals surface area contributed by atoms with E-state index in [1.807, 2.05) is 0 Å². The van der Waals surface area contributed by atoms with Crippen molar-refractivity contribution in [3.63, 3.8) is 0 Å². The molecule has 0 amide bonds. The molecule has 0 N–H and O–H groups in total. The summed E-state index contributed by atoms with van der Waals surface area (Å²) >= 11 is 0. The molecule has 0 atom stereocenters. The molecule has 0 saturated heterocycles. The lowest BCUT2D eigenvalue weighted by Crippen LogP contribution is -2.15.